The minimum Gasteiger partial charge on any atom is -0.314 e. The van der Waals surface area contributed by atoms with Crippen LogP contribution >= 0.6 is 0 Å². The third-order valence-electron chi connectivity index (χ3n) is 5.79. The first-order chi connectivity index (χ1) is 9.83. The van der Waals surface area contributed by atoms with Gasteiger partial charge < -0.3 is 5.32 Å². The van der Waals surface area contributed by atoms with Gasteiger partial charge in [0.2, 0.25) is 0 Å². The van der Waals surface area contributed by atoms with E-state index in [2.05, 4.69) is 24.9 Å². The Labute approximate surface area is 126 Å². The van der Waals surface area contributed by atoms with E-state index in [1.54, 1.807) is 0 Å². The highest BCUT2D eigenvalue weighted by Crippen LogP contribution is 2.40. The molecule has 1 N–H and O–H groups in total. The van der Waals surface area contributed by atoms with Crippen molar-refractivity contribution in [2.45, 2.75) is 83.6 Å². The Morgan fingerprint density at radius 3 is 2.10 bits per heavy atom. The number of nitrogens with one attached hydrogen (secondary N) is 1. The highest BCUT2D eigenvalue weighted by atomic mass is 14.9. The van der Waals surface area contributed by atoms with Gasteiger partial charge in [0.25, 0.3) is 0 Å². The summed E-state index contributed by atoms with van der Waals surface area (Å²) in [4.78, 5) is 0. The molecule has 0 aromatic carbocycles. The maximum absolute atomic E-state index is 3.86. The number of rotatable bonds is 7. The molecule has 2 aliphatic carbocycles. The molecule has 2 saturated carbocycles. The summed E-state index contributed by atoms with van der Waals surface area (Å²) in [6.07, 6.45) is 17.8. The van der Waals surface area contributed by atoms with Crippen LogP contribution in [0.15, 0.2) is 12.7 Å². The summed E-state index contributed by atoms with van der Waals surface area (Å²) in [7, 11) is 0. The molecule has 0 radical (unpaired) electrons. The highest BCUT2D eigenvalue weighted by molar-refractivity contribution is 4.84. The van der Waals surface area contributed by atoms with E-state index in [1.165, 1.54) is 77.2 Å². The van der Waals surface area contributed by atoms with Crippen LogP contribution in [0.5, 0.6) is 0 Å². The van der Waals surface area contributed by atoms with Crippen molar-refractivity contribution in [1.82, 2.24) is 5.32 Å². The first-order valence-electron chi connectivity index (χ1n) is 9.17. The Kier molecular flexibility index (Phi) is 7.13. The predicted octanol–water partition coefficient (Wildman–Crippen LogP) is 5.32. The molecule has 116 valence electrons. The summed E-state index contributed by atoms with van der Waals surface area (Å²) in [5.74, 6) is 3.11. The van der Waals surface area contributed by atoms with Gasteiger partial charge >= 0.3 is 0 Å². The third-order valence-corrected chi connectivity index (χ3v) is 5.79. The quantitative estimate of drug-likeness (QED) is 0.621. The first kappa shape index (κ1) is 16.1. The van der Waals surface area contributed by atoms with Crippen molar-refractivity contribution in [2.75, 3.05) is 6.54 Å². The molecule has 2 rings (SSSR count). The lowest BCUT2D eigenvalue weighted by molar-refractivity contribution is 0.151. The van der Waals surface area contributed by atoms with Gasteiger partial charge in [0.05, 0.1) is 0 Å². The van der Waals surface area contributed by atoms with Crippen LogP contribution in [-0.2, 0) is 0 Å². The number of hydrogen-bond donors (Lipinski definition) is 1. The fraction of sp³-hybridized carbons (Fsp3) is 0.895. The number of allylic oxidation sites excluding steroid dienone is 1. The fourth-order valence-corrected chi connectivity index (χ4v) is 4.45. The zero-order chi connectivity index (χ0) is 14.2. The molecular weight excluding hydrogens is 242 g/mol. The van der Waals surface area contributed by atoms with Gasteiger partial charge in [-0.25, -0.2) is 0 Å². The second-order valence-corrected chi connectivity index (χ2v) is 7.21. The average Bonchev–Trinajstić information content (AvgIpc) is 2.52. The van der Waals surface area contributed by atoms with Crippen LogP contribution < -0.4 is 5.32 Å². The van der Waals surface area contributed by atoms with Crippen molar-refractivity contribution in [3.8, 4) is 0 Å². The van der Waals surface area contributed by atoms with Gasteiger partial charge in [-0.1, -0.05) is 25.8 Å². The molecule has 0 aromatic heterocycles. The molecule has 0 aliphatic heterocycles. The molecule has 0 aromatic rings. The number of hydrogen-bond acceptors (Lipinski definition) is 1. The lowest BCUT2D eigenvalue weighted by atomic mass is 9.69. The van der Waals surface area contributed by atoms with E-state index < -0.39 is 0 Å². The highest BCUT2D eigenvalue weighted by Gasteiger charge is 2.30. The zero-order valence-electron chi connectivity index (χ0n) is 13.6. The molecule has 0 heterocycles. The summed E-state index contributed by atoms with van der Waals surface area (Å²) < 4.78 is 0. The smallest absolute Gasteiger partial charge is 0.00672 e. The van der Waals surface area contributed by atoms with Gasteiger partial charge in [-0.15, -0.1) is 6.58 Å². The Hall–Kier alpha value is -0.300. The van der Waals surface area contributed by atoms with Gasteiger partial charge in [0.1, 0.15) is 0 Å². The van der Waals surface area contributed by atoms with E-state index >= 15 is 0 Å². The van der Waals surface area contributed by atoms with Crippen LogP contribution in [0.3, 0.4) is 0 Å². The van der Waals surface area contributed by atoms with Crippen LogP contribution in [0.2, 0.25) is 0 Å². The molecule has 2 fully saturated rings. The van der Waals surface area contributed by atoms with Gasteiger partial charge in [0.15, 0.2) is 0 Å². The minimum absolute atomic E-state index is 0.829. The Morgan fingerprint density at radius 2 is 1.55 bits per heavy atom. The van der Waals surface area contributed by atoms with Crippen molar-refractivity contribution < 1.29 is 0 Å². The topological polar surface area (TPSA) is 12.0 Å². The minimum atomic E-state index is 0.829. The Bertz CT molecular complexity index is 257. The van der Waals surface area contributed by atoms with Gasteiger partial charge in [0, 0.05) is 6.04 Å². The van der Waals surface area contributed by atoms with Crippen LogP contribution in [0.25, 0.3) is 0 Å². The maximum Gasteiger partial charge on any atom is 0.00672 e. The zero-order valence-corrected chi connectivity index (χ0v) is 13.6. The third kappa shape index (κ3) is 4.91. The van der Waals surface area contributed by atoms with Crippen molar-refractivity contribution >= 4 is 0 Å². The molecule has 0 saturated heterocycles. The Morgan fingerprint density at radius 1 is 0.950 bits per heavy atom. The summed E-state index contributed by atoms with van der Waals surface area (Å²) >= 11 is 0. The normalized spacial score (nSPS) is 34.9. The average molecular weight is 277 g/mol. The van der Waals surface area contributed by atoms with E-state index in [9.17, 15) is 0 Å². The first-order valence-corrected chi connectivity index (χ1v) is 9.17. The largest absolute Gasteiger partial charge is 0.314 e. The van der Waals surface area contributed by atoms with Crippen LogP contribution in [-0.4, -0.2) is 12.6 Å². The van der Waals surface area contributed by atoms with Crippen molar-refractivity contribution in [3.63, 3.8) is 0 Å². The van der Waals surface area contributed by atoms with Crippen LogP contribution in [0, 0.1) is 17.8 Å². The molecule has 0 bridgehead atoms. The molecular formula is C19H35N. The summed E-state index contributed by atoms with van der Waals surface area (Å²) in [5, 5.41) is 3.72. The monoisotopic (exact) mass is 277 g/mol. The molecule has 0 unspecified atom stereocenters. The van der Waals surface area contributed by atoms with Gasteiger partial charge in [-0.3, -0.25) is 0 Å². The second kappa shape index (κ2) is 8.87. The predicted molar refractivity (Wildman–Crippen MR) is 88.9 cm³/mol. The van der Waals surface area contributed by atoms with E-state index in [0.29, 0.717) is 0 Å². The second-order valence-electron chi connectivity index (χ2n) is 7.21. The van der Waals surface area contributed by atoms with Gasteiger partial charge in [-0.2, -0.15) is 0 Å². The van der Waals surface area contributed by atoms with E-state index in [0.717, 1.165) is 23.8 Å². The van der Waals surface area contributed by atoms with E-state index in [4.69, 9.17) is 0 Å². The molecule has 2 aliphatic rings. The van der Waals surface area contributed by atoms with Crippen molar-refractivity contribution in [3.05, 3.63) is 12.7 Å². The fourth-order valence-electron chi connectivity index (χ4n) is 4.45. The molecule has 0 spiro atoms. The summed E-state index contributed by atoms with van der Waals surface area (Å²) in [5.41, 5.74) is 0. The van der Waals surface area contributed by atoms with E-state index in [1.807, 2.05) is 0 Å². The molecule has 0 amide bonds. The standard InChI is InChI=1S/C19H35N/c1-3-5-6-16-7-9-17(10-8-16)18-11-13-19(14-12-18)20-15-4-2/h3,16-20H,1,4-15H2,2H3. The van der Waals surface area contributed by atoms with Crippen molar-refractivity contribution in [1.29, 1.82) is 0 Å². The Balaban J connectivity index is 1.64. The van der Waals surface area contributed by atoms with Gasteiger partial charge in [-0.05, 0) is 82.1 Å². The molecule has 0 atom stereocenters. The SMILES string of the molecule is C=CCCC1CCC(C2CCC(NCCC)CC2)CC1. The molecule has 1 nitrogen and oxygen atoms in total. The molecule has 1 heteroatoms. The lowest BCUT2D eigenvalue weighted by Crippen LogP contribution is -2.35. The lowest BCUT2D eigenvalue weighted by Gasteiger charge is -2.38. The van der Waals surface area contributed by atoms with Crippen molar-refractivity contribution in [2.24, 2.45) is 17.8 Å². The summed E-state index contributed by atoms with van der Waals surface area (Å²) in [6, 6.07) is 0.829. The molecule has 20 heavy (non-hydrogen) atoms. The summed E-state index contributed by atoms with van der Waals surface area (Å²) in [6.45, 7) is 7.34. The van der Waals surface area contributed by atoms with Crippen LogP contribution in [0.1, 0.15) is 77.6 Å². The van der Waals surface area contributed by atoms with E-state index in [-0.39, 0.29) is 0 Å². The maximum atomic E-state index is 3.86. The van der Waals surface area contributed by atoms with Crippen LogP contribution in [0.4, 0.5) is 0 Å².